The molecule has 0 spiro atoms. The molecule has 1 aliphatic rings. The lowest BCUT2D eigenvalue weighted by Gasteiger charge is -2.16. The first-order chi connectivity index (χ1) is 19.5. The lowest BCUT2D eigenvalue weighted by atomic mass is 10.1. The molecule has 3 aromatic carbocycles. The Bertz CT molecular complexity index is 1540. The van der Waals surface area contributed by atoms with Crippen molar-refractivity contribution in [2.75, 3.05) is 19.0 Å². The normalized spacial score (nSPS) is 14.3. The van der Waals surface area contributed by atoms with E-state index >= 15 is 0 Å². The summed E-state index contributed by atoms with van der Waals surface area (Å²) in [5, 5.41) is 12.4. The summed E-state index contributed by atoms with van der Waals surface area (Å²) in [6, 6.07) is 15.0. The number of carbonyl (C=O) groups excluding carboxylic acids is 3. The van der Waals surface area contributed by atoms with Crippen LogP contribution in [-0.4, -0.2) is 40.5 Å². The Morgan fingerprint density at radius 1 is 1.07 bits per heavy atom. The van der Waals surface area contributed by atoms with E-state index in [4.69, 9.17) is 9.47 Å². The molecule has 14 heteroatoms. The Hall–Kier alpha value is -4.85. The fourth-order valence-electron chi connectivity index (χ4n) is 3.70. The van der Waals surface area contributed by atoms with E-state index in [0.717, 1.165) is 12.1 Å². The molecule has 1 N–H and O–H groups in total. The number of hydrogen-bond donors (Lipinski definition) is 1. The number of methoxy groups -OCH3 is 1. The van der Waals surface area contributed by atoms with Gasteiger partial charge in [0, 0.05) is 17.7 Å². The molecular weight excluding hydrogens is 567 g/mol. The first-order valence-electron chi connectivity index (χ1n) is 11.7. The molecule has 1 aliphatic heterocycles. The summed E-state index contributed by atoms with van der Waals surface area (Å²) >= 11 is 0.592. The van der Waals surface area contributed by atoms with E-state index in [1.807, 2.05) is 0 Å². The highest BCUT2D eigenvalue weighted by Gasteiger charge is 2.37. The molecule has 1 fully saturated rings. The Labute approximate surface area is 234 Å². The number of nitrogens with one attached hydrogen (secondary N) is 1. The van der Waals surface area contributed by atoms with Crippen LogP contribution in [0.15, 0.2) is 71.6 Å². The predicted molar refractivity (Wildman–Crippen MR) is 143 cm³/mol. The minimum Gasteiger partial charge on any atom is -0.495 e. The van der Waals surface area contributed by atoms with Crippen LogP contribution in [0.4, 0.5) is 29.3 Å². The summed E-state index contributed by atoms with van der Waals surface area (Å²) in [6.45, 7) is -0.663. The van der Waals surface area contributed by atoms with E-state index in [1.54, 1.807) is 36.4 Å². The average Bonchev–Trinajstić information content (AvgIpc) is 3.19. The number of hydrogen-bond acceptors (Lipinski definition) is 8. The number of para-hydroxylation sites is 1. The summed E-state index contributed by atoms with van der Waals surface area (Å²) < 4.78 is 50.1. The standard InChI is InChI=1S/C27H20F3N3O7S/c1-39-22-11-8-18(27(28,29)30)13-20(22)31-24(34)14-32-25(35)23(41-26(32)36)12-17-4-2-3-5-21(17)40-15-16-6-9-19(10-7-16)33(37)38/h2-13H,14-15H2,1H3,(H,31,34)/b23-12-. The van der Waals surface area contributed by atoms with E-state index < -0.39 is 40.3 Å². The van der Waals surface area contributed by atoms with Gasteiger partial charge in [-0.25, -0.2) is 0 Å². The molecule has 212 valence electrons. The van der Waals surface area contributed by atoms with Gasteiger partial charge in [0.25, 0.3) is 16.8 Å². The first kappa shape index (κ1) is 29.1. The second-order valence-corrected chi connectivity index (χ2v) is 9.47. The van der Waals surface area contributed by atoms with Gasteiger partial charge in [0.15, 0.2) is 0 Å². The smallest absolute Gasteiger partial charge is 0.416 e. The number of nitro groups is 1. The van der Waals surface area contributed by atoms with Crippen LogP contribution < -0.4 is 14.8 Å². The van der Waals surface area contributed by atoms with Crippen molar-refractivity contribution in [3.05, 3.63) is 98.4 Å². The maximum atomic E-state index is 13.1. The van der Waals surface area contributed by atoms with Crippen molar-refractivity contribution >= 4 is 46.3 Å². The lowest BCUT2D eigenvalue weighted by molar-refractivity contribution is -0.384. The number of rotatable bonds is 9. The molecule has 0 radical (unpaired) electrons. The molecule has 4 rings (SSSR count). The van der Waals surface area contributed by atoms with Crippen LogP contribution in [0.1, 0.15) is 16.7 Å². The predicted octanol–water partition coefficient (Wildman–Crippen LogP) is 5.88. The number of nitrogens with zero attached hydrogens (tertiary/aromatic N) is 2. The summed E-state index contributed by atoms with van der Waals surface area (Å²) in [5.41, 5.74) is -0.231. The maximum Gasteiger partial charge on any atom is 0.416 e. The van der Waals surface area contributed by atoms with Crippen LogP contribution in [0, 0.1) is 10.1 Å². The fourth-order valence-corrected chi connectivity index (χ4v) is 4.53. The zero-order chi connectivity index (χ0) is 29.7. The van der Waals surface area contributed by atoms with Gasteiger partial charge in [0.05, 0.1) is 28.2 Å². The molecule has 0 aliphatic carbocycles. The average molecular weight is 588 g/mol. The molecule has 0 saturated carbocycles. The fraction of sp³-hybridized carbons (Fsp3) is 0.148. The first-order valence-corrected chi connectivity index (χ1v) is 12.5. The largest absolute Gasteiger partial charge is 0.495 e. The van der Waals surface area contributed by atoms with E-state index in [1.165, 1.54) is 25.3 Å². The Morgan fingerprint density at radius 2 is 1.78 bits per heavy atom. The zero-order valence-corrected chi connectivity index (χ0v) is 22.0. The van der Waals surface area contributed by atoms with Crippen molar-refractivity contribution in [3.8, 4) is 11.5 Å². The van der Waals surface area contributed by atoms with Crippen molar-refractivity contribution in [2.24, 2.45) is 0 Å². The van der Waals surface area contributed by atoms with E-state index in [9.17, 15) is 37.7 Å². The van der Waals surface area contributed by atoms with Crippen LogP contribution in [0.25, 0.3) is 6.08 Å². The van der Waals surface area contributed by atoms with Gasteiger partial charge in [-0.1, -0.05) is 18.2 Å². The van der Waals surface area contributed by atoms with Gasteiger partial charge in [-0.3, -0.25) is 29.4 Å². The minimum atomic E-state index is -4.66. The number of amides is 3. The van der Waals surface area contributed by atoms with Gasteiger partial charge in [-0.05, 0) is 59.8 Å². The van der Waals surface area contributed by atoms with Gasteiger partial charge in [-0.2, -0.15) is 13.2 Å². The van der Waals surface area contributed by atoms with Crippen LogP contribution in [0.3, 0.4) is 0 Å². The molecule has 3 aromatic rings. The van der Waals surface area contributed by atoms with Gasteiger partial charge in [-0.15, -0.1) is 0 Å². The summed E-state index contributed by atoms with van der Waals surface area (Å²) in [7, 11) is 1.22. The van der Waals surface area contributed by atoms with Crippen molar-refractivity contribution < 1.29 is 42.0 Å². The highest BCUT2D eigenvalue weighted by molar-refractivity contribution is 8.18. The molecular formula is C27H20F3N3O7S. The lowest BCUT2D eigenvalue weighted by Crippen LogP contribution is -2.36. The number of ether oxygens (including phenoxy) is 2. The molecule has 1 heterocycles. The number of non-ortho nitro benzene ring substituents is 1. The molecule has 41 heavy (non-hydrogen) atoms. The quantitative estimate of drug-likeness (QED) is 0.187. The molecule has 3 amide bonds. The topological polar surface area (TPSA) is 128 Å². The van der Waals surface area contributed by atoms with Gasteiger partial charge in [0.1, 0.15) is 24.7 Å². The third-order valence-corrected chi connectivity index (χ3v) is 6.63. The van der Waals surface area contributed by atoms with Crippen LogP contribution in [-0.2, 0) is 22.4 Å². The number of halogens is 3. The van der Waals surface area contributed by atoms with Crippen molar-refractivity contribution in [1.29, 1.82) is 0 Å². The van der Waals surface area contributed by atoms with E-state index in [0.29, 0.717) is 39.6 Å². The number of benzene rings is 3. The second kappa shape index (κ2) is 12.1. The number of imide groups is 1. The van der Waals surface area contributed by atoms with E-state index in [-0.39, 0.29) is 28.6 Å². The zero-order valence-electron chi connectivity index (χ0n) is 21.1. The summed E-state index contributed by atoms with van der Waals surface area (Å²) in [6.07, 6.45) is -3.24. The highest BCUT2D eigenvalue weighted by Crippen LogP contribution is 2.36. The van der Waals surface area contributed by atoms with Gasteiger partial charge < -0.3 is 14.8 Å². The molecule has 0 unspecified atom stereocenters. The SMILES string of the molecule is COc1ccc(C(F)(F)F)cc1NC(=O)CN1C(=O)S/C(=C\c2ccccc2OCc2ccc([N+](=O)[O-])cc2)C1=O. The Kier molecular flexibility index (Phi) is 8.62. The van der Waals surface area contributed by atoms with Crippen LogP contribution in [0.5, 0.6) is 11.5 Å². The van der Waals surface area contributed by atoms with E-state index in [2.05, 4.69) is 5.32 Å². The third-order valence-electron chi connectivity index (χ3n) is 5.72. The van der Waals surface area contributed by atoms with Crippen molar-refractivity contribution in [2.45, 2.75) is 12.8 Å². The second-order valence-electron chi connectivity index (χ2n) is 8.48. The number of alkyl halides is 3. The van der Waals surface area contributed by atoms with Crippen molar-refractivity contribution in [3.63, 3.8) is 0 Å². The summed E-state index contributed by atoms with van der Waals surface area (Å²) in [5.74, 6) is -1.34. The van der Waals surface area contributed by atoms with Gasteiger partial charge >= 0.3 is 6.18 Å². The number of carbonyl (C=O) groups is 3. The molecule has 0 aromatic heterocycles. The summed E-state index contributed by atoms with van der Waals surface area (Å²) in [4.78, 5) is 49.1. The van der Waals surface area contributed by atoms with Crippen LogP contribution in [0.2, 0.25) is 0 Å². The highest BCUT2D eigenvalue weighted by atomic mass is 32.2. The molecule has 10 nitrogen and oxygen atoms in total. The maximum absolute atomic E-state index is 13.1. The monoisotopic (exact) mass is 587 g/mol. The Morgan fingerprint density at radius 3 is 2.44 bits per heavy atom. The third kappa shape index (κ3) is 7.03. The Balaban J connectivity index is 1.45. The molecule has 0 atom stereocenters. The van der Waals surface area contributed by atoms with Crippen molar-refractivity contribution in [1.82, 2.24) is 4.90 Å². The minimum absolute atomic E-state index is 0.00540. The number of anilines is 1. The van der Waals surface area contributed by atoms with Gasteiger partial charge in [0.2, 0.25) is 5.91 Å². The molecule has 0 bridgehead atoms. The number of nitro benzene ring substituents is 1. The molecule has 1 saturated heterocycles. The van der Waals surface area contributed by atoms with Crippen LogP contribution >= 0.6 is 11.8 Å². The number of thioether (sulfide) groups is 1.